The van der Waals surface area contributed by atoms with E-state index in [1.807, 2.05) is 0 Å². The van der Waals surface area contributed by atoms with E-state index in [-0.39, 0.29) is 39.6 Å². The van der Waals surface area contributed by atoms with Crippen molar-refractivity contribution >= 4 is 33.9 Å². The monoisotopic (exact) mass is 542 g/mol. The summed E-state index contributed by atoms with van der Waals surface area (Å²) in [6, 6.07) is 13.8. The molecule has 0 fully saturated rings. The first-order chi connectivity index (χ1) is 17.7. The van der Waals surface area contributed by atoms with Gasteiger partial charge in [-0.2, -0.15) is 10.6 Å². The highest BCUT2D eigenvalue weighted by Gasteiger charge is 2.23. The largest absolute Gasteiger partial charge is 0.491 e. The van der Waals surface area contributed by atoms with Gasteiger partial charge in [0.1, 0.15) is 49.4 Å². The summed E-state index contributed by atoms with van der Waals surface area (Å²) in [5.74, 6) is -1.86. The van der Waals surface area contributed by atoms with Crippen LogP contribution in [0.3, 0.4) is 0 Å². The quantitative estimate of drug-likeness (QED) is 0.123. The molecule has 37 heavy (non-hydrogen) atoms. The SMILES string of the molecule is Nc1ccc(OCCOCCOC(=O)CS(O)(O)CC(=O)OCCOCCOc2ccc(N)cc2)cc1. The van der Waals surface area contributed by atoms with Crippen LogP contribution in [-0.2, 0) is 28.5 Å². The predicted octanol–water partition coefficient (Wildman–Crippen LogP) is 2.18. The molecular weight excluding hydrogens is 508 g/mol. The molecule has 0 aliphatic rings. The first-order valence-corrected chi connectivity index (χ1v) is 13.3. The summed E-state index contributed by atoms with van der Waals surface area (Å²) in [7, 11) is -3.54. The third-order valence-electron chi connectivity index (χ3n) is 4.43. The fraction of sp³-hybridized carbons (Fsp3) is 0.417. The highest BCUT2D eigenvalue weighted by molar-refractivity contribution is 8.25. The molecule has 2 aromatic carbocycles. The number of esters is 2. The Bertz CT molecular complexity index is 866. The molecule has 0 aliphatic heterocycles. The predicted molar refractivity (Wildman–Crippen MR) is 139 cm³/mol. The van der Waals surface area contributed by atoms with Crippen LogP contribution in [0.4, 0.5) is 11.4 Å². The summed E-state index contributed by atoms with van der Waals surface area (Å²) in [5, 5.41) is 0. The van der Waals surface area contributed by atoms with Gasteiger partial charge in [-0.1, -0.05) is 0 Å². The summed E-state index contributed by atoms with van der Waals surface area (Å²) < 4.78 is 51.2. The van der Waals surface area contributed by atoms with Gasteiger partial charge in [-0.15, -0.1) is 0 Å². The number of benzene rings is 2. The van der Waals surface area contributed by atoms with E-state index >= 15 is 0 Å². The summed E-state index contributed by atoms with van der Waals surface area (Å²) in [6.07, 6.45) is 0. The first kappa shape index (κ1) is 30.0. The molecule has 0 radical (unpaired) electrons. The molecular formula is C24H34N2O10S. The Labute approximate surface area is 217 Å². The van der Waals surface area contributed by atoms with Gasteiger partial charge in [-0.3, -0.25) is 18.7 Å². The minimum absolute atomic E-state index is 0.0833. The van der Waals surface area contributed by atoms with E-state index in [9.17, 15) is 18.7 Å². The van der Waals surface area contributed by atoms with Crippen molar-refractivity contribution in [1.82, 2.24) is 0 Å². The molecule has 0 saturated carbocycles. The van der Waals surface area contributed by atoms with Gasteiger partial charge in [0.25, 0.3) is 0 Å². The molecule has 0 unspecified atom stereocenters. The van der Waals surface area contributed by atoms with Gasteiger partial charge in [0.15, 0.2) is 0 Å². The fourth-order valence-corrected chi connectivity index (χ4v) is 3.73. The highest BCUT2D eigenvalue weighted by atomic mass is 32.3. The van der Waals surface area contributed by atoms with Gasteiger partial charge < -0.3 is 39.9 Å². The number of hydrogen-bond donors (Lipinski definition) is 4. The number of carbonyl (C=O) groups excluding carboxylic acids is 2. The summed E-state index contributed by atoms with van der Waals surface area (Å²) in [5.41, 5.74) is 12.5. The molecule has 0 saturated heterocycles. The smallest absolute Gasteiger partial charge is 0.325 e. The molecule has 2 aromatic rings. The van der Waals surface area contributed by atoms with Gasteiger partial charge in [0.05, 0.1) is 26.4 Å². The van der Waals surface area contributed by atoms with E-state index in [0.29, 0.717) is 36.1 Å². The number of ether oxygens (including phenoxy) is 6. The van der Waals surface area contributed by atoms with Crippen LogP contribution in [0, 0.1) is 0 Å². The summed E-state index contributed by atoms with van der Waals surface area (Å²) >= 11 is 0. The Kier molecular flexibility index (Phi) is 13.4. The zero-order valence-corrected chi connectivity index (χ0v) is 21.2. The van der Waals surface area contributed by atoms with Crippen LogP contribution in [0.25, 0.3) is 0 Å². The molecule has 0 heterocycles. The Morgan fingerprint density at radius 1 is 0.595 bits per heavy atom. The maximum Gasteiger partial charge on any atom is 0.325 e. The van der Waals surface area contributed by atoms with E-state index in [0.717, 1.165) is 0 Å². The second-order valence-corrected chi connectivity index (χ2v) is 9.77. The van der Waals surface area contributed by atoms with Crippen LogP contribution in [-0.4, -0.2) is 85.4 Å². The topological polar surface area (TPSA) is 182 Å². The number of hydrogen-bond acceptors (Lipinski definition) is 12. The number of nitrogens with two attached hydrogens (primary N) is 2. The lowest BCUT2D eigenvalue weighted by Crippen LogP contribution is -2.25. The van der Waals surface area contributed by atoms with Crippen molar-refractivity contribution in [2.45, 2.75) is 0 Å². The summed E-state index contributed by atoms with van der Waals surface area (Å²) in [6.45, 7) is 1.16. The lowest BCUT2D eigenvalue weighted by molar-refractivity contribution is -0.142. The average Bonchev–Trinajstić information content (AvgIpc) is 2.84. The summed E-state index contributed by atoms with van der Waals surface area (Å²) in [4.78, 5) is 23.6. The molecule has 0 aliphatic carbocycles. The van der Waals surface area contributed by atoms with Crippen LogP contribution in [0.5, 0.6) is 11.5 Å². The number of carbonyl (C=O) groups is 2. The van der Waals surface area contributed by atoms with E-state index in [1.165, 1.54) is 0 Å². The highest BCUT2D eigenvalue weighted by Crippen LogP contribution is 2.38. The van der Waals surface area contributed by atoms with Gasteiger partial charge in [0, 0.05) is 11.4 Å². The van der Waals surface area contributed by atoms with Crippen LogP contribution >= 0.6 is 10.6 Å². The van der Waals surface area contributed by atoms with Gasteiger partial charge in [-0.25, -0.2) is 0 Å². The number of anilines is 2. The molecule has 0 spiro atoms. The van der Waals surface area contributed by atoms with Crippen molar-refractivity contribution in [2.24, 2.45) is 0 Å². The Morgan fingerprint density at radius 2 is 0.946 bits per heavy atom. The Balaban J connectivity index is 1.45. The standard InChI is InChI=1S/C24H34N2O10S/c25-19-1-5-21(6-2-19)33-13-9-31-11-15-35-23(27)17-37(29,30)18-24(28)36-16-12-32-10-14-34-22-7-3-20(26)4-8-22/h1-8,29-30H,9-18,25-26H2. The molecule has 6 N–H and O–H groups in total. The molecule has 0 atom stereocenters. The van der Waals surface area contributed by atoms with E-state index in [4.69, 9.17) is 39.9 Å². The van der Waals surface area contributed by atoms with Crippen molar-refractivity contribution in [3.8, 4) is 11.5 Å². The molecule has 13 heteroatoms. The van der Waals surface area contributed by atoms with Crippen LogP contribution in [0.2, 0.25) is 0 Å². The van der Waals surface area contributed by atoms with Gasteiger partial charge in [-0.05, 0) is 48.5 Å². The van der Waals surface area contributed by atoms with Gasteiger partial charge >= 0.3 is 11.9 Å². The Hall–Kier alpha value is -3.23. The zero-order chi connectivity index (χ0) is 26.9. The van der Waals surface area contributed by atoms with Crippen LogP contribution < -0.4 is 20.9 Å². The fourth-order valence-electron chi connectivity index (χ4n) is 2.71. The Morgan fingerprint density at radius 3 is 1.32 bits per heavy atom. The second kappa shape index (κ2) is 16.5. The molecule has 0 bridgehead atoms. The average molecular weight is 543 g/mol. The maximum absolute atomic E-state index is 11.8. The van der Waals surface area contributed by atoms with Crippen LogP contribution in [0.1, 0.15) is 0 Å². The molecule has 12 nitrogen and oxygen atoms in total. The molecule has 0 aromatic heterocycles. The molecule has 206 valence electrons. The number of rotatable bonds is 18. The van der Waals surface area contributed by atoms with Crippen LogP contribution in [0.15, 0.2) is 48.5 Å². The van der Waals surface area contributed by atoms with Crippen molar-refractivity contribution < 1.29 is 47.1 Å². The second-order valence-electron chi connectivity index (χ2n) is 7.59. The van der Waals surface area contributed by atoms with E-state index < -0.39 is 34.0 Å². The lowest BCUT2D eigenvalue weighted by atomic mass is 10.3. The van der Waals surface area contributed by atoms with Gasteiger partial charge in [0.2, 0.25) is 0 Å². The third kappa shape index (κ3) is 14.2. The first-order valence-electron chi connectivity index (χ1n) is 11.4. The third-order valence-corrected chi connectivity index (χ3v) is 5.83. The lowest BCUT2D eigenvalue weighted by Gasteiger charge is -2.29. The maximum atomic E-state index is 11.8. The molecule has 2 rings (SSSR count). The van der Waals surface area contributed by atoms with E-state index in [2.05, 4.69) is 0 Å². The van der Waals surface area contributed by atoms with Crippen molar-refractivity contribution in [1.29, 1.82) is 0 Å². The number of nitrogen functional groups attached to an aromatic ring is 2. The van der Waals surface area contributed by atoms with E-state index in [1.54, 1.807) is 48.5 Å². The minimum atomic E-state index is -3.54. The van der Waals surface area contributed by atoms with Crippen molar-refractivity contribution in [2.75, 3.05) is 75.8 Å². The minimum Gasteiger partial charge on any atom is -0.491 e. The van der Waals surface area contributed by atoms with Crippen molar-refractivity contribution in [3.05, 3.63) is 48.5 Å². The molecule has 0 amide bonds. The zero-order valence-electron chi connectivity index (χ0n) is 20.4. The normalized spacial score (nSPS) is 11.5. The van der Waals surface area contributed by atoms with Crippen molar-refractivity contribution in [3.63, 3.8) is 0 Å².